The van der Waals surface area contributed by atoms with E-state index in [0.717, 1.165) is 12.8 Å². The van der Waals surface area contributed by atoms with Crippen molar-refractivity contribution < 1.29 is 9.53 Å². The maximum Gasteiger partial charge on any atom is 0.225 e. The zero-order chi connectivity index (χ0) is 10.6. The number of amides is 1. The number of hydrogen-bond donors (Lipinski definition) is 2. The molecule has 3 atom stereocenters. The van der Waals surface area contributed by atoms with Crippen LogP contribution >= 0.6 is 0 Å². The first kappa shape index (κ1) is 11.5. The summed E-state index contributed by atoms with van der Waals surface area (Å²) in [5, 5.41) is 2.88. The van der Waals surface area contributed by atoms with Gasteiger partial charge in [0, 0.05) is 12.6 Å². The minimum absolute atomic E-state index is 0.0399. The van der Waals surface area contributed by atoms with E-state index in [1.165, 1.54) is 0 Å². The Kier molecular flexibility index (Phi) is 4.35. The molecule has 0 saturated carbocycles. The van der Waals surface area contributed by atoms with E-state index in [2.05, 4.69) is 5.32 Å². The molecule has 1 fully saturated rings. The van der Waals surface area contributed by atoms with Gasteiger partial charge in [-0.15, -0.1) is 0 Å². The highest BCUT2D eigenvalue weighted by molar-refractivity contribution is 5.79. The predicted molar refractivity (Wildman–Crippen MR) is 54.8 cm³/mol. The smallest absolute Gasteiger partial charge is 0.225 e. The summed E-state index contributed by atoms with van der Waals surface area (Å²) in [7, 11) is 0. The second-order valence-electron chi connectivity index (χ2n) is 4.13. The van der Waals surface area contributed by atoms with Gasteiger partial charge in [0.05, 0.1) is 18.6 Å². The molecular formula is C10H20N2O2. The lowest BCUT2D eigenvalue weighted by molar-refractivity contribution is -0.124. The fourth-order valence-electron chi connectivity index (χ4n) is 1.57. The standard InChI is InChI=1S/C10H20N2O2/c1-7(11)3-4-12-10(13)9-5-8(2)14-6-9/h7-9H,3-6,11H2,1-2H3,(H,12,13). The second-order valence-corrected chi connectivity index (χ2v) is 4.13. The zero-order valence-corrected chi connectivity index (χ0v) is 8.95. The van der Waals surface area contributed by atoms with Gasteiger partial charge in [-0.25, -0.2) is 0 Å². The number of hydrogen-bond acceptors (Lipinski definition) is 3. The van der Waals surface area contributed by atoms with E-state index in [4.69, 9.17) is 10.5 Å². The van der Waals surface area contributed by atoms with E-state index in [-0.39, 0.29) is 24.0 Å². The third-order valence-electron chi connectivity index (χ3n) is 2.47. The first-order valence-electron chi connectivity index (χ1n) is 5.24. The Morgan fingerprint density at radius 1 is 1.71 bits per heavy atom. The van der Waals surface area contributed by atoms with E-state index >= 15 is 0 Å². The van der Waals surface area contributed by atoms with E-state index in [9.17, 15) is 4.79 Å². The molecule has 1 rings (SSSR count). The Balaban J connectivity index is 2.15. The molecule has 0 bridgehead atoms. The fraction of sp³-hybridized carbons (Fsp3) is 0.900. The highest BCUT2D eigenvalue weighted by atomic mass is 16.5. The van der Waals surface area contributed by atoms with Crippen LogP contribution in [0.25, 0.3) is 0 Å². The van der Waals surface area contributed by atoms with Crippen LogP contribution in [0.2, 0.25) is 0 Å². The van der Waals surface area contributed by atoms with E-state index in [0.29, 0.717) is 13.2 Å². The maximum absolute atomic E-state index is 11.5. The van der Waals surface area contributed by atoms with Gasteiger partial charge in [-0.1, -0.05) is 0 Å². The average Bonchev–Trinajstić information content (AvgIpc) is 2.51. The number of nitrogens with two attached hydrogens (primary N) is 1. The van der Waals surface area contributed by atoms with Crippen molar-refractivity contribution in [1.29, 1.82) is 0 Å². The third kappa shape index (κ3) is 3.64. The lowest BCUT2D eigenvalue weighted by atomic mass is 10.1. The molecule has 0 radical (unpaired) electrons. The van der Waals surface area contributed by atoms with Gasteiger partial charge in [0.2, 0.25) is 5.91 Å². The van der Waals surface area contributed by atoms with Gasteiger partial charge in [-0.3, -0.25) is 4.79 Å². The summed E-state index contributed by atoms with van der Waals surface area (Å²) in [6.07, 6.45) is 1.89. The summed E-state index contributed by atoms with van der Waals surface area (Å²) in [5.41, 5.74) is 5.58. The molecule has 1 saturated heterocycles. The van der Waals surface area contributed by atoms with Crippen LogP contribution in [0, 0.1) is 5.92 Å². The van der Waals surface area contributed by atoms with Crippen molar-refractivity contribution in [3.8, 4) is 0 Å². The minimum Gasteiger partial charge on any atom is -0.378 e. The van der Waals surface area contributed by atoms with Gasteiger partial charge in [0.1, 0.15) is 0 Å². The summed E-state index contributed by atoms with van der Waals surface area (Å²) in [6, 6.07) is 0.147. The van der Waals surface area contributed by atoms with Crippen molar-refractivity contribution in [1.82, 2.24) is 5.32 Å². The fourth-order valence-corrected chi connectivity index (χ4v) is 1.57. The highest BCUT2D eigenvalue weighted by Gasteiger charge is 2.27. The van der Waals surface area contributed by atoms with Crippen molar-refractivity contribution in [3.63, 3.8) is 0 Å². The Bertz CT molecular complexity index is 195. The number of carbonyl (C=O) groups excluding carboxylic acids is 1. The number of ether oxygens (including phenoxy) is 1. The molecule has 0 aliphatic carbocycles. The molecule has 82 valence electrons. The third-order valence-corrected chi connectivity index (χ3v) is 2.47. The molecular weight excluding hydrogens is 180 g/mol. The van der Waals surface area contributed by atoms with Crippen LogP contribution in [0.3, 0.4) is 0 Å². The summed E-state index contributed by atoms with van der Waals surface area (Å²) < 4.78 is 5.33. The predicted octanol–water partition coefficient (Wildman–Crippen LogP) is 0.265. The molecule has 1 heterocycles. The number of nitrogens with one attached hydrogen (secondary N) is 1. The first-order chi connectivity index (χ1) is 6.59. The van der Waals surface area contributed by atoms with Crippen molar-refractivity contribution in [3.05, 3.63) is 0 Å². The molecule has 4 heteroatoms. The first-order valence-corrected chi connectivity index (χ1v) is 5.24. The average molecular weight is 200 g/mol. The maximum atomic E-state index is 11.5. The lowest BCUT2D eigenvalue weighted by Crippen LogP contribution is -2.34. The van der Waals surface area contributed by atoms with Crippen LogP contribution in [-0.2, 0) is 9.53 Å². The lowest BCUT2D eigenvalue weighted by Gasteiger charge is -2.10. The monoisotopic (exact) mass is 200 g/mol. The van der Waals surface area contributed by atoms with E-state index in [1.54, 1.807) is 0 Å². The van der Waals surface area contributed by atoms with Gasteiger partial charge in [-0.2, -0.15) is 0 Å². The number of rotatable bonds is 4. The van der Waals surface area contributed by atoms with Gasteiger partial charge < -0.3 is 15.8 Å². The molecule has 4 nitrogen and oxygen atoms in total. The quantitative estimate of drug-likeness (QED) is 0.684. The molecule has 1 amide bonds. The molecule has 0 aromatic carbocycles. The van der Waals surface area contributed by atoms with Crippen LogP contribution in [0.4, 0.5) is 0 Å². The number of carbonyl (C=O) groups is 1. The van der Waals surface area contributed by atoms with E-state index < -0.39 is 0 Å². The minimum atomic E-state index is 0.0399. The van der Waals surface area contributed by atoms with Crippen LogP contribution in [0.1, 0.15) is 26.7 Å². The molecule has 14 heavy (non-hydrogen) atoms. The van der Waals surface area contributed by atoms with Crippen LogP contribution in [0.15, 0.2) is 0 Å². The largest absolute Gasteiger partial charge is 0.378 e. The summed E-state index contributed by atoms with van der Waals surface area (Å²) >= 11 is 0. The molecule has 1 aliphatic rings. The van der Waals surface area contributed by atoms with Gasteiger partial charge in [-0.05, 0) is 26.7 Å². The molecule has 0 spiro atoms. The molecule has 1 aliphatic heterocycles. The molecule has 3 N–H and O–H groups in total. The Morgan fingerprint density at radius 2 is 2.43 bits per heavy atom. The zero-order valence-electron chi connectivity index (χ0n) is 8.95. The van der Waals surface area contributed by atoms with Crippen LogP contribution in [0.5, 0.6) is 0 Å². The Hall–Kier alpha value is -0.610. The van der Waals surface area contributed by atoms with Crippen molar-refractivity contribution in [2.24, 2.45) is 11.7 Å². The SMILES string of the molecule is CC(N)CCNC(=O)C1COC(C)C1. The summed E-state index contributed by atoms with van der Waals surface area (Å²) in [4.78, 5) is 11.5. The van der Waals surface area contributed by atoms with Crippen molar-refractivity contribution in [2.75, 3.05) is 13.2 Å². The summed E-state index contributed by atoms with van der Waals surface area (Å²) in [5.74, 6) is 0.146. The molecule has 3 unspecified atom stereocenters. The second kappa shape index (κ2) is 5.32. The molecule has 0 aromatic rings. The molecule has 0 aromatic heterocycles. The van der Waals surface area contributed by atoms with E-state index in [1.807, 2.05) is 13.8 Å². The highest BCUT2D eigenvalue weighted by Crippen LogP contribution is 2.18. The van der Waals surface area contributed by atoms with Crippen LogP contribution < -0.4 is 11.1 Å². The Morgan fingerprint density at radius 3 is 2.93 bits per heavy atom. The van der Waals surface area contributed by atoms with Crippen molar-refractivity contribution in [2.45, 2.75) is 38.8 Å². The van der Waals surface area contributed by atoms with Gasteiger partial charge in [0.15, 0.2) is 0 Å². The van der Waals surface area contributed by atoms with Gasteiger partial charge >= 0.3 is 0 Å². The topological polar surface area (TPSA) is 64.3 Å². The summed E-state index contributed by atoms with van der Waals surface area (Å²) in [6.45, 7) is 5.16. The van der Waals surface area contributed by atoms with Crippen LogP contribution in [-0.4, -0.2) is 31.2 Å². The van der Waals surface area contributed by atoms with Gasteiger partial charge in [0.25, 0.3) is 0 Å². The Labute approximate surface area is 85.2 Å². The normalized spacial score (nSPS) is 28.8. The van der Waals surface area contributed by atoms with Crippen molar-refractivity contribution >= 4 is 5.91 Å².